The van der Waals surface area contributed by atoms with Gasteiger partial charge in [-0.3, -0.25) is 4.79 Å². The maximum Gasteiger partial charge on any atom is 0.257 e. The molecule has 0 unspecified atom stereocenters. The summed E-state index contributed by atoms with van der Waals surface area (Å²) < 4.78 is 33.0. The van der Waals surface area contributed by atoms with Crippen LogP contribution in [0.15, 0.2) is 47.4 Å². The Bertz CT molecular complexity index is 992. The van der Waals surface area contributed by atoms with Gasteiger partial charge in [0.15, 0.2) is 6.61 Å². The smallest absolute Gasteiger partial charge is 0.257 e. The number of rotatable bonds is 7. The number of carbonyl (C=O) groups is 1. The summed E-state index contributed by atoms with van der Waals surface area (Å²) in [5.41, 5.74) is 2.19. The molecule has 1 aliphatic heterocycles. The molecule has 0 aromatic heterocycles. The number of amides is 1. The van der Waals surface area contributed by atoms with Crippen LogP contribution in [0.1, 0.15) is 25.0 Å². The van der Waals surface area contributed by atoms with Crippen molar-refractivity contribution in [1.82, 2.24) is 9.62 Å². The minimum Gasteiger partial charge on any atom is -0.482 e. The number of hydrogen-bond acceptors (Lipinski definition) is 4. The van der Waals surface area contributed by atoms with Gasteiger partial charge < -0.3 is 10.1 Å². The van der Waals surface area contributed by atoms with Crippen molar-refractivity contribution < 1.29 is 17.9 Å². The number of hydrogen-bond donors (Lipinski definition) is 1. The van der Waals surface area contributed by atoms with E-state index in [1.807, 2.05) is 38.1 Å². The summed E-state index contributed by atoms with van der Waals surface area (Å²) in [4.78, 5) is 11.9. The van der Waals surface area contributed by atoms with E-state index in [0.29, 0.717) is 32.0 Å². The second-order valence-electron chi connectivity index (χ2n) is 7.44. The van der Waals surface area contributed by atoms with Crippen molar-refractivity contribution in [3.8, 4) is 5.75 Å². The molecule has 0 saturated heterocycles. The molecule has 6 nitrogen and oxygen atoms in total. The van der Waals surface area contributed by atoms with Gasteiger partial charge in [0.05, 0.1) is 9.92 Å². The van der Waals surface area contributed by atoms with E-state index in [4.69, 9.17) is 16.3 Å². The number of carbonyl (C=O) groups excluding carboxylic acids is 1. The Kier molecular flexibility index (Phi) is 6.82. The molecular weight excluding hydrogens is 412 g/mol. The van der Waals surface area contributed by atoms with Crippen molar-refractivity contribution in [1.29, 1.82) is 0 Å². The molecule has 0 spiro atoms. The summed E-state index contributed by atoms with van der Waals surface area (Å²) in [5, 5.41) is 2.90. The lowest BCUT2D eigenvalue weighted by molar-refractivity contribution is -0.123. The standard InChI is InChI=1S/C21H25ClN2O4S/c1-15(2)12-23-21(25)14-28-20-8-7-18(11-19(20)22)29(26,27)24-10-9-16-5-3-4-6-17(16)13-24/h3-8,11,15H,9-10,12-14H2,1-2H3,(H,23,25). The molecule has 2 aromatic carbocycles. The van der Waals surface area contributed by atoms with Crippen LogP contribution in [0, 0.1) is 5.92 Å². The number of fused-ring (bicyclic) bond motifs is 1. The molecule has 0 bridgehead atoms. The van der Waals surface area contributed by atoms with Crippen LogP contribution in [0.5, 0.6) is 5.75 Å². The summed E-state index contributed by atoms with van der Waals surface area (Å²) in [6.07, 6.45) is 0.676. The first-order valence-corrected chi connectivity index (χ1v) is 11.3. The quantitative estimate of drug-likeness (QED) is 0.722. The Morgan fingerprint density at radius 1 is 1.21 bits per heavy atom. The minimum absolute atomic E-state index is 0.110. The number of ether oxygens (including phenoxy) is 1. The molecule has 0 atom stereocenters. The van der Waals surface area contributed by atoms with E-state index in [9.17, 15) is 13.2 Å². The van der Waals surface area contributed by atoms with Crippen molar-refractivity contribution >= 4 is 27.5 Å². The van der Waals surface area contributed by atoms with E-state index in [2.05, 4.69) is 5.32 Å². The lowest BCUT2D eigenvalue weighted by Gasteiger charge is -2.28. The van der Waals surface area contributed by atoms with Gasteiger partial charge in [-0.15, -0.1) is 0 Å². The molecule has 29 heavy (non-hydrogen) atoms. The third-order valence-electron chi connectivity index (χ3n) is 4.70. The van der Waals surface area contributed by atoms with Crippen LogP contribution in [0.4, 0.5) is 0 Å². The van der Waals surface area contributed by atoms with E-state index >= 15 is 0 Å². The molecule has 0 fully saturated rings. The van der Waals surface area contributed by atoms with Gasteiger partial charge in [0.2, 0.25) is 10.0 Å². The first-order chi connectivity index (χ1) is 13.8. The molecular formula is C21H25ClN2O4S. The third kappa shape index (κ3) is 5.29. The average Bonchev–Trinajstić information content (AvgIpc) is 2.70. The predicted molar refractivity (Wildman–Crippen MR) is 113 cm³/mol. The Morgan fingerprint density at radius 2 is 1.93 bits per heavy atom. The lowest BCUT2D eigenvalue weighted by Crippen LogP contribution is -2.35. The first-order valence-electron chi connectivity index (χ1n) is 9.53. The Hall–Kier alpha value is -2.09. The highest BCUT2D eigenvalue weighted by molar-refractivity contribution is 7.89. The molecule has 1 heterocycles. The Labute approximate surface area is 176 Å². The molecule has 0 radical (unpaired) electrons. The van der Waals surface area contributed by atoms with Gasteiger partial charge in [-0.05, 0) is 41.7 Å². The second-order valence-corrected chi connectivity index (χ2v) is 9.78. The van der Waals surface area contributed by atoms with Gasteiger partial charge in [-0.2, -0.15) is 4.31 Å². The molecule has 156 valence electrons. The zero-order valence-electron chi connectivity index (χ0n) is 16.5. The van der Waals surface area contributed by atoms with Crippen LogP contribution in [0.2, 0.25) is 5.02 Å². The van der Waals surface area contributed by atoms with Crippen LogP contribution in [-0.4, -0.2) is 38.3 Å². The highest BCUT2D eigenvalue weighted by atomic mass is 35.5. The normalized spacial score (nSPS) is 14.5. The highest BCUT2D eigenvalue weighted by Crippen LogP contribution is 2.30. The number of sulfonamides is 1. The maximum absolute atomic E-state index is 13.0. The molecule has 2 aromatic rings. The fourth-order valence-electron chi connectivity index (χ4n) is 3.10. The van der Waals surface area contributed by atoms with Crippen molar-refractivity contribution in [2.45, 2.75) is 31.7 Å². The maximum atomic E-state index is 13.0. The Morgan fingerprint density at radius 3 is 2.62 bits per heavy atom. The molecule has 0 aliphatic carbocycles. The molecule has 8 heteroatoms. The topological polar surface area (TPSA) is 75.7 Å². The van der Waals surface area contributed by atoms with Crippen molar-refractivity contribution in [2.75, 3.05) is 19.7 Å². The predicted octanol–water partition coefficient (Wildman–Crippen LogP) is 3.24. The molecule has 3 rings (SSSR count). The van der Waals surface area contributed by atoms with E-state index in [1.54, 1.807) is 0 Å². The fourth-order valence-corrected chi connectivity index (χ4v) is 4.84. The first kappa shape index (κ1) is 21.6. The summed E-state index contributed by atoms with van der Waals surface area (Å²) in [7, 11) is -3.68. The summed E-state index contributed by atoms with van der Waals surface area (Å²) in [5.74, 6) is 0.363. The Balaban J connectivity index is 1.68. The summed E-state index contributed by atoms with van der Waals surface area (Å²) in [6, 6.07) is 12.2. The fraction of sp³-hybridized carbons (Fsp3) is 0.381. The van der Waals surface area contributed by atoms with Crippen LogP contribution >= 0.6 is 11.6 Å². The third-order valence-corrected chi connectivity index (χ3v) is 6.84. The van der Waals surface area contributed by atoms with Gasteiger partial charge in [-0.1, -0.05) is 49.7 Å². The molecule has 1 aliphatic rings. The van der Waals surface area contributed by atoms with Crippen LogP contribution in [0.25, 0.3) is 0 Å². The van der Waals surface area contributed by atoms with E-state index in [1.165, 1.54) is 28.1 Å². The second kappa shape index (κ2) is 9.15. The number of nitrogens with one attached hydrogen (secondary N) is 1. The highest BCUT2D eigenvalue weighted by Gasteiger charge is 2.28. The van der Waals surface area contributed by atoms with Crippen molar-refractivity contribution in [3.05, 3.63) is 58.6 Å². The van der Waals surface area contributed by atoms with Gasteiger partial charge in [-0.25, -0.2) is 8.42 Å². The van der Waals surface area contributed by atoms with Crippen LogP contribution in [-0.2, 0) is 27.8 Å². The average molecular weight is 437 g/mol. The zero-order valence-corrected chi connectivity index (χ0v) is 18.1. The summed E-state index contributed by atoms with van der Waals surface area (Å²) in [6.45, 7) is 5.14. The molecule has 1 N–H and O–H groups in total. The van der Waals surface area contributed by atoms with Crippen molar-refractivity contribution in [3.63, 3.8) is 0 Å². The SMILES string of the molecule is CC(C)CNC(=O)COc1ccc(S(=O)(=O)N2CCc3ccccc3C2)cc1Cl. The van der Waals surface area contributed by atoms with Gasteiger partial charge in [0.25, 0.3) is 5.91 Å². The number of halogens is 1. The number of benzene rings is 2. The summed E-state index contributed by atoms with van der Waals surface area (Å²) >= 11 is 6.23. The van der Waals surface area contributed by atoms with Gasteiger partial charge >= 0.3 is 0 Å². The molecule has 1 amide bonds. The van der Waals surface area contributed by atoms with E-state index in [-0.39, 0.29) is 28.2 Å². The van der Waals surface area contributed by atoms with E-state index in [0.717, 1.165) is 5.56 Å². The largest absolute Gasteiger partial charge is 0.482 e. The monoisotopic (exact) mass is 436 g/mol. The van der Waals surface area contributed by atoms with E-state index < -0.39 is 10.0 Å². The zero-order chi connectivity index (χ0) is 21.0. The van der Waals surface area contributed by atoms with Crippen molar-refractivity contribution in [2.24, 2.45) is 5.92 Å². The van der Waals surface area contributed by atoms with Crippen LogP contribution < -0.4 is 10.1 Å². The lowest BCUT2D eigenvalue weighted by atomic mass is 10.0. The van der Waals surface area contributed by atoms with Gasteiger partial charge in [0, 0.05) is 19.6 Å². The van der Waals surface area contributed by atoms with Crippen LogP contribution in [0.3, 0.4) is 0 Å². The number of nitrogens with zero attached hydrogens (tertiary/aromatic N) is 1. The molecule has 0 saturated carbocycles. The minimum atomic E-state index is -3.68. The van der Waals surface area contributed by atoms with Gasteiger partial charge in [0.1, 0.15) is 5.75 Å².